The quantitative estimate of drug-likeness (QED) is 0.516. The fraction of sp³-hybridized carbons (Fsp3) is 0.273. The first kappa shape index (κ1) is 12.0. The average Bonchev–Trinajstić information content (AvgIpc) is 2.26. The molecule has 0 aromatic heterocycles. The van der Waals surface area contributed by atoms with Gasteiger partial charge in [-0.1, -0.05) is 30.3 Å². The molecule has 0 radical (unpaired) electrons. The molecule has 0 atom stereocenters. The zero-order valence-corrected chi connectivity index (χ0v) is 9.35. The molecule has 0 aliphatic carbocycles. The summed E-state index contributed by atoms with van der Waals surface area (Å²) in [6.07, 6.45) is 0. The molecule has 1 aromatic carbocycles. The Labute approximate surface area is 95.3 Å². The van der Waals surface area contributed by atoms with Crippen LogP contribution in [0.2, 0.25) is 0 Å². The second kappa shape index (κ2) is 5.75. The van der Waals surface area contributed by atoms with Crippen LogP contribution in [0.25, 0.3) is 0 Å². The van der Waals surface area contributed by atoms with Gasteiger partial charge in [-0.2, -0.15) is 4.99 Å². The molecule has 1 aromatic rings. The molecule has 0 aliphatic heterocycles. The van der Waals surface area contributed by atoms with Gasteiger partial charge in [-0.05, 0) is 12.5 Å². The molecule has 0 unspecified atom stereocenters. The van der Waals surface area contributed by atoms with E-state index < -0.39 is 0 Å². The SMILES string of the molecule is CCN(Cc1ccccc1)C(=N)N=C(N)N. The van der Waals surface area contributed by atoms with Crippen molar-refractivity contribution >= 4 is 11.9 Å². The zero-order chi connectivity index (χ0) is 12.0. The van der Waals surface area contributed by atoms with Gasteiger partial charge in [0.1, 0.15) is 0 Å². The minimum absolute atomic E-state index is 0.0866. The number of nitrogens with one attached hydrogen (secondary N) is 1. The minimum atomic E-state index is -0.0866. The summed E-state index contributed by atoms with van der Waals surface area (Å²) in [4.78, 5) is 5.51. The number of aliphatic imine (C=N–C) groups is 1. The number of guanidine groups is 2. The molecule has 0 aliphatic rings. The van der Waals surface area contributed by atoms with E-state index in [4.69, 9.17) is 16.9 Å². The standard InChI is InChI=1S/C11H17N5/c1-2-16(11(14)15-10(12)13)8-9-6-4-3-5-7-9/h3-7H,2,8H2,1H3,(H5,12,13,14,15). The Bertz CT molecular complexity index is 367. The highest BCUT2D eigenvalue weighted by molar-refractivity contribution is 5.91. The van der Waals surface area contributed by atoms with Crippen LogP contribution >= 0.6 is 0 Å². The maximum absolute atomic E-state index is 7.70. The van der Waals surface area contributed by atoms with Gasteiger partial charge in [0.2, 0.25) is 5.96 Å². The van der Waals surface area contributed by atoms with Crippen molar-refractivity contribution in [3.05, 3.63) is 35.9 Å². The predicted molar refractivity (Wildman–Crippen MR) is 66.1 cm³/mol. The van der Waals surface area contributed by atoms with E-state index in [1.165, 1.54) is 0 Å². The van der Waals surface area contributed by atoms with E-state index in [-0.39, 0.29) is 11.9 Å². The first-order valence-electron chi connectivity index (χ1n) is 5.10. The normalized spacial score (nSPS) is 9.56. The predicted octanol–water partition coefficient (Wildman–Crippen LogP) is 0.717. The Morgan fingerprint density at radius 1 is 1.31 bits per heavy atom. The highest BCUT2D eigenvalue weighted by atomic mass is 15.3. The Morgan fingerprint density at radius 2 is 1.94 bits per heavy atom. The van der Waals surface area contributed by atoms with Gasteiger partial charge >= 0.3 is 0 Å². The molecule has 0 fully saturated rings. The first-order valence-corrected chi connectivity index (χ1v) is 5.10. The summed E-state index contributed by atoms with van der Waals surface area (Å²) in [7, 11) is 0. The molecule has 0 saturated heterocycles. The van der Waals surface area contributed by atoms with E-state index >= 15 is 0 Å². The van der Waals surface area contributed by atoms with Crippen molar-refractivity contribution in [3.63, 3.8) is 0 Å². The van der Waals surface area contributed by atoms with Crippen molar-refractivity contribution < 1.29 is 0 Å². The van der Waals surface area contributed by atoms with Crippen LogP contribution in [0.5, 0.6) is 0 Å². The number of hydrogen-bond acceptors (Lipinski definition) is 1. The number of nitrogens with two attached hydrogens (primary N) is 2. The maximum Gasteiger partial charge on any atom is 0.221 e. The molecule has 16 heavy (non-hydrogen) atoms. The molecule has 5 nitrogen and oxygen atoms in total. The molecule has 5 N–H and O–H groups in total. The Hall–Kier alpha value is -2.04. The number of rotatable bonds is 3. The monoisotopic (exact) mass is 219 g/mol. The van der Waals surface area contributed by atoms with Crippen molar-refractivity contribution in [1.82, 2.24) is 4.90 Å². The number of hydrogen-bond donors (Lipinski definition) is 3. The summed E-state index contributed by atoms with van der Waals surface area (Å²) in [6.45, 7) is 3.27. The summed E-state index contributed by atoms with van der Waals surface area (Å²) in [5.41, 5.74) is 11.6. The smallest absolute Gasteiger partial charge is 0.221 e. The van der Waals surface area contributed by atoms with E-state index in [2.05, 4.69) is 4.99 Å². The third-order valence-corrected chi connectivity index (χ3v) is 2.13. The fourth-order valence-electron chi connectivity index (χ4n) is 1.33. The fourth-order valence-corrected chi connectivity index (χ4v) is 1.33. The Kier molecular flexibility index (Phi) is 4.32. The van der Waals surface area contributed by atoms with E-state index in [1.807, 2.05) is 37.3 Å². The van der Waals surface area contributed by atoms with Gasteiger partial charge in [-0.25, -0.2) is 0 Å². The highest BCUT2D eigenvalue weighted by Gasteiger charge is 2.07. The van der Waals surface area contributed by atoms with Crippen LogP contribution in [0.3, 0.4) is 0 Å². The molecule has 0 bridgehead atoms. The molecular weight excluding hydrogens is 202 g/mol. The molecule has 1 rings (SSSR count). The molecule has 86 valence electrons. The third-order valence-electron chi connectivity index (χ3n) is 2.13. The lowest BCUT2D eigenvalue weighted by molar-refractivity contribution is 0.428. The maximum atomic E-state index is 7.70. The van der Waals surface area contributed by atoms with Gasteiger partial charge in [-0.3, -0.25) is 5.41 Å². The van der Waals surface area contributed by atoms with Gasteiger partial charge in [-0.15, -0.1) is 0 Å². The Morgan fingerprint density at radius 3 is 2.44 bits per heavy atom. The topological polar surface area (TPSA) is 91.5 Å². The first-order chi connectivity index (χ1) is 7.63. The van der Waals surface area contributed by atoms with Crippen LogP contribution in [-0.4, -0.2) is 23.4 Å². The van der Waals surface area contributed by atoms with Crippen molar-refractivity contribution in [3.8, 4) is 0 Å². The molecule has 0 heterocycles. The Balaban J connectivity index is 2.70. The molecule has 0 saturated carbocycles. The average molecular weight is 219 g/mol. The van der Waals surface area contributed by atoms with Crippen molar-refractivity contribution in [2.75, 3.05) is 6.54 Å². The van der Waals surface area contributed by atoms with Crippen LogP contribution in [0.4, 0.5) is 0 Å². The van der Waals surface area contributed by atoms with E-state index in [1.54, 1.807) is 4.90 Å². The second-order valence-electron chi connectivity index (χ2n) is 3.36. The van der Waals surface area contributed by atoms with Gasteiger partial charge < -0.3 is 16.4 Å². The minimum Gasteiger partial charge on any atom is -0.370 e. The molecular formula is C11H17N5. The second-order valence-corrected chi connectivity index (χ2v) is 3.36. The number of benzene rings is 1. The molecule has 0 amide bonds. The third kappa shape index (κ3) is 3.61. The summed E-state index contributed by atoms with van der Waals surface area (Å²) < 4.78 is 0. The van der Waals surface area contributed by atoms with Crippen LogP contribution < -0.4 is 11.5 Å². The van der Waals surface area contributed by atoms with Crippen LogP contribution in [0, 0.1) is 5.41 Å². The lowest BCUT2D eigenvalue weighted by atomic mass is 10.2. The zero-order valence-electron chi connectivity index (χ0n) is 9.35. The summed E-state index contributed by atoms with van der Waals surface area (Å²) in [5, 5.41) is 7.70. The van der Waals surface area contributed by atoms with Crippen LogP contribution in [0.1, 0.15) is 12.5 Å². The van der Waals surface area contributed by atoms with Crippen molar-refractivity contribution in [1.29, 1.82) is 5.41 Å². The van der Waals surface area contributed by atoms with E-state index in [9.17, 15) is 0 Å². The van der Waals surface area contributed by atoms with Crippen molar-refractivity contribution in [2.45, 2.75) is 13.5 Å². The van der Waals surface area contributed by atoms with Crippen molar-refractivity contribution in [2.24, 2.45) is 16.5 Å². The van der Waals surface area contributed by atoms with Crippen LogP contribution in [-0.2, 0) is 6.54 Å². The van der Waals surface area contributed by atoms with E-state index in [0.29, 0.717) is 13.1 Å². The summed E-state index contributed by atoms with van der Waals surface area (Å²) >= 11 is 0. The number of nitrogens with zero attached hydrogens (tertiary/aromatic N) is 2. The van der Waals surface area contributed by atoms with E-state index in [0.717, 1.165) is 5.56 Å². The molecule has 5 heteroatoms. The summed E-state index contributed by atoms with van der Waals surface area (Å²) in [5.74, 6) is 0.00265. The lowest BCUT2D eigenvalue weighted by Gasteiger charge is -2.20. The summed E-state index contributed by atoms with van der Waals surface area (Å²) in [6, 6.07) is 9.90. The molecule has 0 spiro atoms. The van der Waals surface area contributed by atoms with Gasteiger partial charge in [0.15, 0.2) is 5.96 Å². The van der Waals surface area contributed by atoms with Crippen LogP contribution in [0.15, 0.2) is 35.3 Å². The van der Waals surface area contributed by atoms with Gasteiger partial charge in [0.05, 0.1) is 0 Å². The van der Waals surface area contributed by atoms with Gasteiger partial charge in [0.25, 0.3) is 0 Å². The largest absolute Gasteiger partial charge is 0.370 e. The van der Waals surface area contributed by atoms with Gasteiger partial charge in [0, 0.05) is 13.1 Å². The highest BCUT2D eigenvalue weighted by Crippen LogP contribution is 2.04. The lowest BCUT2D eigenvalue weighted by Crippen LogP contribution is -2.32.